The summed E-state index contributed by atoms with van der Waals surface area (Å²) in [5.41, 5.74) is 2.11. The molecule has 0 aliphatic carbocycles. The number of likely N-dealkylation sites (tertiary alicyclic amines) is 1. The molecule has 0 radical (unpaired) electrons. The number of benzene rings is 1. The third-order valence-electron chi connectivity index (χ3n) is 3.72. The van der Waals surface area contributed by atoms with Crippen LogP contribution in [0.15, 0.2) is 24.3 Å². The zero-order valence-electron chi connectivity index (χ0n) is 10.5. The SMILES string of the molecule is O=C(C1CNc2ccccc2N1)N1CCCCC1. The lowest BCUT2D eigenvalue weighted by atomic mass is 10.1. The van der Waals surface area contributed by atoms with Gasteiger partial charge >= 0.3 is 0 Å². The van der Waals surface area contributed by atoms with Gasteiger partial charge in [0.05, 0.1) is 11.4 Å². The first-order chi connectivity index (χ1) is 8.84. The number of piperidine rings is 1. The Morgan fingerprint density at radius 3 is 2.61 bits per heavy atom. The molecule has 2 aliphatic rings. The minimum Gasteiger partial charge on any atom is -0.381 e. The van der Waals surface area contributed by atoms with Crippen LogP contribution in [0.25, 0.3) is 0 Å². The average molecular weight is 245 g/mol. The average Bonchev–Trinajstić information content (AvgIpc) is 2.47. The van der Waals surface area contributed by atoms with Gasteiger partial charge in [0.15, 0.2) is 0 Å². The van der Waals surface area contributed by atoms with Crippen molar-refractivity contribution in [3.8, 4) is 0 Å². The molecule has 1 aromatic rings. The molecular formula is C14H19N3O. The number of fused-ring (bicyclic) bond motifs is 1. The second-order valence-corrected chi connectivity index (χ2v) is 5.01. The Balaban J connectivity index is 1.69. The van der Waals surface area contributed by atoms with Crippen LogP contribution in [-0.2, 0) is 4.79 Å². The van der Waals surface area contributed by atoms with Crippen molar-refractivity contribution in [3.63, 3.8) is 0 Å². The van der Waals surface area contributed by atoms with Crippen LogP contribution in [0.3, 0.4) is 0 Å². The molecule has 4 nitrogen and oxygen atoms in total. The van der Waals surface area contributed by atoms with E-state index in [0.717, 1.165) is 37.3 Å². The van der Waals surface area contributed by atoms with Crippen LogP contribution in [0.5, 0.6) is 0 Å². The van der Waals surface area contributed by atoms with E-state index in [1.165, 1.54) is 6.42 Å². The molecule has 1 unspecified atom stereocenters. The van der Waals surface area contributed by atoms with E-state index in [1.54, 1.807) is 0 Å². The van der Waals surface area contributed by atoms with E-state index in [9.17, 15) is 4.79 Å². The second-order valence-electron chi connectivity index (χ2n) is 5.01. The molecule has 1 saturated heterocycles. The van der Waals surface area contributed by atoms with Crippen molar-refractivity contribution in [2.75, 3.05) is 30.3 Å². The van der Waals surface area contributed by atoms with Gasteiger partial charge in [0, 0.05) is 19.6 Å². The smallest absolute Gasteiger partial charge is 0.246 e. The second kappa shape index (κ2) is 4.88. The summed E-state index contributed by atoms with van der Waals surface area (Å²) in [6.07, 6.45) is 3.54. The van der Waals surface area contributed by atoms with Crippen LogP contribution < -0.4 is 10.6 Å². The first-order valence-corrected chi connectivity index (χ1v) is 6.73. The minimum absolute atomic E-state index is 0.127. The molecule has 0 spiro atoms. The maximum atomic E-state index is 12.4. The van der Waals surface area contributed by atoms with Crippen LogP contribution in [-0.4, -0.2) is 36.5 Å². The highest BCUT2D eigenvalue weighted by Crippen LogP contribution is 2.26. The molecule has 4 heteroatoms. The van der Waals surface area contributed by atoms with Gasteiger partial charge in [-0.1, -0.05) is 12.1 Å². The zero-order chi connectivity index (χ0) is 12.4. The van der Waals surface area contributed by atoms with Crippen LogP contribution in [0.1, 0.15) is 19.3 Å². The summed E-state index contributed by atoms with van der Waals surface area (Å²) >= 11 is 0. The summed E-state index contributed by atoms with van der Waals surface area (Å²) in [5.74, 6) is 0.233. The van der Waals surface area contributed by atoms with Crippen molar-refractivity contribution in [3.05, 3.63) is 24.3 Å². The summed E-state index contributed by atoms with van der Waals surface area (Å²) in [6.45, 7) is 2.50. The molecule has 0 aromatic heterocycles. The Bertz CT molecular complexity index is 440. The lowest BCUT2D eigenvalue weighted by Gasteiger charge is -2.34. The summed E-state index contributed by atoms with van der Waals surface area (Å²) in [6, 6.07) is 7.90. The fraction of sp³-hybridized carbons (Fsp3) is 0.500. The van der Waals surface area contributed by atoms with Gasteiger partial charge in [0.2, 0.25) is 5.91 Å². The summed E-state index contributed by atoms with van der Waals surface area (Å²) < 4.78 is 0. The van der Waals surface area contributed by atoms with Gasteiger partial charge in [-0.3, -0.25) is 4.79 Å². The predicted octanol–water partition coefficient (Wildman–Crippen LogP) is 1.91. The Hall–Kier alpha value is -1.71. The molecule has 18 heavy (non-hydrogen) atoms. The van der Waals surface area contributed by atoms with Gasteiger partial charge in [0.1, 0.15) is 6.04 Å². The van der Waals surface area contributed by atoms with E-state index in [2.05, 4.69) is 10.6 Å². The van der Waals surface area contributed by atoms with Gasteiger partial charge in [-0.05, 0) is 31.4 Å². The summed E-state index contributed by atoms with van der Waals surface area (Å²) in [4.78, 5) is 14.4. The molecule has 3 rings (SSSR count). The highest BCUT2D eigenvalue weighted by Gasteiger charge is 2.28. The molecule has 1 fully saturated rings. The van der Waals surface area contributed by atoms with Gasteiger partial charge in [-0.15, -0.1) is 0 Å². The van der Waals surface area contributed by atoms with Crippen LogP contribution >= 0.6 is 0 Å². The number of hydrogen-bond donors (Lipinski definition) is 2. The number of para-hydroxylation sites is 2. The Morgan fingerprint density at radius 2 is 1.83 bits per heavy atom. The first-order valence-electron chi connectivity index (χ1n) is 6.73. The Morgan fingerprint density at radius 1 is 1.11 bits per heavy atom. The Labute approximate surface area is 107 Å². The van der Waals surface area contributed by atoms with Crippen molar-refractivity contribution in [2.24, 2.45) is 0 Å². The van der Waals surface area contributed by atoms with Crippen molar-refractivity contribution in [1.82, 2.24) is 4.90 Å². The largest absolute Gasteiger partial charge is 0.381 e. The highest BCUT2D eigenvalue weighted by molar-refractivity contribution is 5.88. The molecule has 1 atom stereocenters. The van der Waals surface area contributed by atoms with Crippen LogP contribution in [0.4, 0.5) is 11.4 Å². The van der Waals surface area contributed by atoms with E-state index < -0.39 is 0 Å². The maximum absolute atomic E-state index is 12.4. The number of carbonyl (C=O) groups excluding carboxylic acids is 1. The monoisotopic (exact) mass is 245 g/mol. The van der Waals surface area contributed by atoms with Crippen LogP contribution in [0, 0.1) is 0 Å². The fourth-order valence-electron chi connectivity index (χ4n) is 2.70. The molecule has 1 aromatic carbocycles. The van der Waals surface area contributed by atoms with Gasteiger partial charge in [-0.2, -0.15) is 0 Å². The molecule has 1 amide bonds. The van der Waals surface area contributed by atoms with Crippen molar-refractivity contribution in [1.29, 1.82) is 0 Å². The number of nitrogens with zero attached hydrogens (tertiary/aromatic N) is 1. The van der Waals surface area contributed by atoms with E-state index in [1.807, 2.05) is 29.2 Å². The third-order valence-corrected chi connectivity index (χ3v) is 3.72. The summed E-state index contributed by atoms with van der Waals surface area (Å²) in [7, 11) is 0. The molecule has 0 saturated carbocycles. The number of rotatable bonds is 1. The molecule has 96 valence electrons. The number of anilines is 2. The third kappa shape index (κ3) is 2.15. The standard InChI is InChI=1S/C14H19N3O/c18-14(17-8-4-1-5-9-17)13-10-15-11-6-2-3-7-12(11)16-13/h2-3,6-7,13,15-16H,1,4-5,8-10H2. The lowest BCUT2D eigenvalue weighted by Crippen LogP contribution is -2.49. The molecular weight excluding hydrogens is 226 g/mol. The van der Waals surface area contributed by atoms with E-state index >= 15 is 0 Å². The zero-order valence-corrected chi connectivity index (χ0v) is 10.5. The van der Waals surface area contributed by atoms with Gasteiger partial charge < -0.3 is 15.5 Å². The number of hydrogen-bond acceptors (Lipinski definition) is 3. The predicted molar refractivity (Wildman–Crippen MR) is 72.8 cm³/mol. The van der Waals surface area contributed by atoms with E-state index in [-0.39, 0.29) is 11.9 Å². The van der Waals surface area contributed by atoms with Crippen LogP contribution in [0.2, 0.25) is 0 Å². The minimum atomic E-state index is -0.127. The molecule has 0 bridgehead atoms. The number of nitrogens with one attached hydrogen (secondary N) is 2. The van der Waals surface area contributed by atoms with Gasteiger partial charge in [0.25, 0.3) is 0 Å². The molecule has 2 N–H and O–H groups in total. The Kier molecular flexibility index (Phi) is 3.09. The topological polar surface area (TPSA) is 44.4 Å². The van der Waals surface area contributed by atoms with E-state index in [4.69, 9.17) is 0 Å². The van der Waals surface area contributed by atoms with E-state index in [0.29, 0.717) is 6.54 Å². The molecule has 2 heterocycles. The number of carbonyl (C=O) groups is 1. The van der Waals surface area contributed by atoms with Crippen molar-refractivity contribution < 1.29 is 4.79 Å². The first kappa shape index (κ1) is 11.4. The quantitative estimate of drug-likeness (QED) is 0.794. The number of amides is 1. The lowest BCUT2D eigenvalue weighted by molar-refractivity contribution is -0.132. The fourth-order valence-corrected chi connectivity index (χ4v) is 2.70. The normalized spacial score (nSPS) is 22.7. The van der Waals surface area contributed by atoms with Crippen molar-refractivity contribution in [2.45, 2.75) is 25.3 Å². The summed E-state index contributed by atoms with van der Waals surface area (Å²) in [5, 5.41) is 6.66. The van der Waals surface area contributed by atoms with Crippen molar-refractivity contribution >= 4 is 17.3 Å². The highest BCUT2D eigenvalue weighted by atomic mass is 16.2. The molecule has 2 aliphatic heterocycles. The van der Waals surface area contributed by atoms with Gasteiger partial charge in [-0.25, -0.2) is 0 Å². The maximum Gasteiger partial charge on any atom is 0.246 e.